The fourth-order valence-electron chi connectivity index (χ4n) is 1.98. The summed E-state index contributed by atoms with van der Waals surface area (Å²) in [4.78, 5) is 20.6. The molecule has 0 saturated heterocycles. The molecule has 3 aromatic rings. The zero-order valence-electron chi connectivity index (χ0n) is 10.6. The fraction of sp³-hybridized carbons (Fsp3) is 0. The zero-order valence-corrected chi connectivity index (χ0v) is 10.6. The van der Waals surface area contributed by atoms with Crippen LogP contribution in [0.2, 0.25) is 0 Å². The number of benzene rings is 1. The zero-order chi connectivity index (χ0) is 13.9. The van der Waals surface area contributed by atoms with Gasteiger partial charge in [-0.3, -0.25) is 9.78 Å². The van der Waals surface area contributed by atoms with Crippen LogP contribution in [0.3, 0.4) is 0 Å². The Bertz CT molecular complexity index is 780. The van der Waals surface area contributed by atoms with Crippen LogP contribution in [0.5, 0.6) is 0 Å². The summed E-state index contributed by atoms with van der Waals surface area (Å²) in [6, 6.07) is 12.6. The van der Waals surface area contributed by atoms with Crippen LogP contribution >= 0.6 is 0 Å². The highest BCUT2D eigenvalue weighted by Crippen LogP contribution is 2.19. The lowest BCUT2D eigenvalue weighted by molar-refractivity contribution is 0.102. The van der Waals surface area contributed by atoms with E-state index in [1.165, 1.54) is 0 Å². The molecule has 2 aromatic heterocycles. The van der Waals surface area contributed by atoms with Gasteiger partial charge >= 0.3 is 0 Å². The summed E-state index contributed by atoms with van der Waals surface area (Å²) >= 11 is 0. The number of hydrogen-bond donors (Lipinski definition) is 2. The number of rotatable bonds is 2. The summed E-state index contributed by atoms with van der Waals surface area (Å²) in [5, 5.41) is 3.61. The molecule has 2 heterocycles. The van der Waals surface area contributed by atoms with Gasteiger partial charge < -0.3 is 11.1 Å². The number of para-hydroxylation sites is 1. The normalized spacial score (nSPS) is 10.4. The molecule has 98 valence electrons. The monoisotopic (exact) mass is 264 g/mol. The molecular formula is C15H12N4O. The van der Waals surface area contributed by atoms with Crippen molar-refractivity contribution in [3.05, 3.63) is 60.4 Å². The summed E-state index contributed by atoms with van der Waals surface area (Å²) < 4.78 is 0. The number of fused-ring (bicyclic) bond motifs is 1. The van der Waals surface area contributed by atoms with Crippen molar-refractivity contribution >= 4 is 28.3 Å². The molecule has 0 fully saturated rings. The van der Waals surface area contributed by atoms with Crippen molar-refractivity contribution in [2.45, 2.75) is 0 Å². The van der Waals surface area contributed by atoms with E-state index in [-0.39, 0.29) is 5.91 Å². The Morgan fingerprint density at radius 2 is 1.75 bits per heavy atom. The van der Waals surface area contributed by atoms with Gasteiger partial charge in [-0.2, -0.15) is 0 Å². The van der Waals surface area contributed by atoms with Gasteiger partial charge in [0, 0.05) is 17.8 Å². The minimum absolute atomic E-state index is 0.278. The quantitative estimate of drug-likeness (QED) is 0.745. The third-order valence-electron chi connectivity index (χ3n) is 2.95. The van der Waals surface area contributed by atoms with E-state index in [0.717, 1.165) is 5.39 Å². The van der Waals surface area contributed by atoms with E-state index in [1.54, 1.807) is 30.6 Å². The van der Waals surface area contributed by atoms with Gasteiger partial charge in [0.2, 0.25) is 0 Å². The molecule has 5 heteroatoms. The van der Waals surface area contributed by atoms with Crippen molar-refractivity contribution in [3.8, 4) is 0 Å². The van der Waals surface area contributed by atoms with Gasteiger partial charge in [0.1, 0.15) is 0 Å². The number of pyridine rings is 2. The number of carbonyl (C=O) groups is 1. The van der Waals surface area contributed by atoms with Crippen LogP contribution < -0.4 is 11.1 Å². The lowest BCUT2D eigenvalue weighted by Gasteiger charge is -2.08. The molecule has 3 rings (SSSR count). The summed E-state index contributed by atoms with van der Waals surface area (Å²) in [5.41, 5.74) is 7.34. The molecule has 3 N–H and O–H groups in total. The maximum absolute atomic E-state index is 12.3. The van der Waals surface area contributed by atoms with Crippen LogP contribution in [0.25, 0.3) is 10.9 Å². The Morgan fingerprint density at radius 3 is 2.60 bits per heavy atom. The highest BCUT2D eigenvalue weighted by molar-refractivity contribution is 6.12. The molecule has 5 nitrogen and oxygen atoms in total. The Morgan fingerprint density at radius 1 is 1.00 bits per heavy atom. The van der Waals surface area contributed by atoms with E-state index in [4.69, 9.17) is 5.73 Å². The van der Waals surface area contributed by atoms with Crippen LogP contribution in [0.15, 0.2) is 54.9 Å². The fourth-order valence-corrected chi connectivity index (χ4v) is 1.98. The molecule has 0 radical (unpaired) electrons. The van der Waals surface area contributed by atoms with Gasteiger partial charge in [-0.1, -0.05) is 18.2 Å². The number of amides is 1. The van der Waals surface area contributed by atoms with E-state index in [2.05, 4.69) is 15.3 Å². The Labute approximate surface area is 115 Å². The van der Waals surface area contributed by atoms with Crippen molar-refractivity contribution in [2.75, 3.05) is 11.1 Å². The minimum Gasteiger partial charge on any atom is -0.396 e. The summed E-state index contributed by atoms with van der Waals surface area (Å²) in [7, 11) is 0. The van der Waals surface area contributed by atoms with E-state index in [0.29, 0.717) is 22.6 Å². The first-order valence-electron chi connectivity index (χ1n) is 6.11. The Balaban J connectivity index is 1.99. The van der Waals surface area contributed by atoms with Gasteiger partial charge in [0.25, 0.3) is 5.91 Å². The van der Waals surface area contributed by atoms with Crippen LogP contribution in [0.1, 0.15) is 10.4 Å². The predicted octanol–water partition coefficient (Wildman–Crippen LogP) is 2.46. The Kier molecular flexibility index (Phi) is 3.01. The second kappa shape index (κ2) is 4.97. The largest absolute Gasteiger partial charge is 0.396 e. The van der Waals surface area contributed by atoms with E-state index >= 15 is 0 Å². The number of carbonyl (C=O) groups excluding carboxylic acids is 1. The number of anilines is 2. The maximum atomic E-state index is 12.3. The lowest BCUT2D eigenvalue weighted by atomic mass is 10.1. The maximum Gasteiger partial charge on any atom is 0.259 e. The van der Waals surface area contributed by atoms with Crippen molar-refractivity contribution in [3.63, 3.8) is 0 Å². The van der Waals surface area contributed by atoms with Crippen LogP contribution in [-0.2, 0) is 0 Å². The molecule has 1 amide bonds. The van der Waals surface area contributed by atoms with Gasteiger partial charge in [0.15, 0.2) is 5.82 Å². The van der Waals surface area contributed by atoms with Crippen LogP contribution in [0.4, 0.5) is 11.5 Å². The number of nitrogens with one attached hydrogen (secondary N) is 1. The standard InChI is InChI=1S/C15H12N4O/c16-12-7-3-9-18-14(12)19-15(20)11-6-1-4-10-5-2-8-17-13(10)11/h1-9H,16H2,(H,18,19,20). The van der Waals surface area contributed by atoms with Gasteiger partial charge in [-0.15, -0.1) is 0 Å². The molecular weight excluding hydrogens is 252 g/mol. The molecule has 0 saturated carbocycles. The summed E-state index contributed by atoms with van der Waals surface area (Å²) in [5.74, 6) is 0.0742. The van der Waals surface area contributed by atoms with Crippen molar-refractivity contribution in [1.29, 1.82) is 0 Å². The van der Waals surface area contributed by atoms with Gasteiger partial charge in [-0.25, -0.2) is 4.98 Å². The molecule has 20 heavy (non-hydrogen) atoms. The number of nitrogens with zero attached hydrogens (tertiary/aromatic N) is 2. The average molecular weight is 264 g/mol. The van der Waals surface area contributed by atoms with Gasteiger partial charge in [0.05, 0.1) is 16.8 Å². The molecule has 0 spiro atoms. The van der Waals surface area contributed by atoms with Crippen molar-refractivity contribution in [1.82, 2.24) is 9.97 Å². The average Bonchev–Trinajstić information content (AvgIpc) is 2.49. The number of aromatic nitrogens is 2. The number of hydrogen-bond acceptors (Lipinski definition) is 4. The first-order chi connectivity index (χ1) is 9.75. The first-order valence-corrected chi connectivity index (χ1v) is 6.11. The van der Waals surface area contributed by atoms with Crippen LogP contribution in [0, 0.1) is 0 Å². The van der Waals surface area contributed by atoms with Crippen LogP contribution in [-0.4, -0.2) is 15.9 Å². The molecule has 0 aliphatic carbocycles. The Hall–Kier alpha value is -2.95. The molecule has 0 unspecified atom stereocenters. The number of nitrogens with two attached hydrogens (primary N) is 1. The van der Waals surface area contributed by atoms with E-state index in [9.17, 15) is 4.79 Å². The highest BCUT2D eigenvalue weighted by atomic mass is 16.1. The second-order valence-electron chi connectivity index (χ2n) is 4.28. The predicted molar refractivity (Wildman–Crippen MR) is 78.3 cm³/mol. The van der Waals surface area contributed by atoms with E-state index in [1.807, 2.05) is 24.3 Å². The summed E-state index contributed by atoms with van der Waals surface area (Å²) in [6.45, 7) is 0. The number of nitrogen functional groups attached to an aromatic ring is 1. The SMILES string of the molecule is Nc1cccnc1NC(=O)c1cccc2cccnc12. The topological polar surface area (TPSA) is 80.9 Å². The van der Waals surface area contributed by atoms with Crippen molar-refractivity contribution < 1.29 is 4.79 Å². The lowest BCUT2D eigenvalue weighted by Crippen LogP contribution is -2.15. The van der Waals surface area contributed by atoms with Gasteiger partial charge in [-0.05, 0) is 24.3 Å². The smallest absolute Gasteiger partial charge is 0.259 e. The molecule has 1 aromatic carbocycles. The molecule has 0 aliphatic heterocycles. The first kappa shape index (κ1) is 12.1. The molecule has 0 bridgehead atoms. The third-order valence-corrected chi connectivity index (χ3v) is 2.95. The molecule has 0 aliphatic rings. The highest BCUT2D eigenvalue weighted by Gasteiger charge is 2.12. The second-order valence-corrected chi connectivity index (χ2v) is 4.28. The van der Waals surface area contributed by atoms with E-state index < -0.39 is 0 Å². The summed E-state index contributed by atoms with van der Waals surface area (Å²) in [6.07, 6.45) is 3.24. The third kappa shape index (κ3) is 2.16. The minimum atomic E-state index is -0.278. The molecule has 0 atom stereocenters. The van der Waals surface area contributed by atoms with Crippen molar-refractivity contribution in [2.24, 2.45) is 0 Å².